The highest BCUT2D eigenvalue weighted by Crippen LogP contribution is 2.24. The molecular formula is C16H16FN3O6S. The van der Waals surface area contributed by atoms with E-state index in [-0.39, 0.29) is 17.1 Å². The zero-order chi connectivity index (χ0) is 20.2. The third-order valence-electron chi connectivity index (χ3n) is 3.46. The van der Waals surface area contributed by atoms with Gasteiger partial charge in [-0.3, -0.25) is 14.9 Å². The molecule has 0 heterocycles. The first-order chi connectivity index (χ1) is 12.6. The van der Waals surface area contributed by atoms with E-state index in [1.807, 2.05) is 0 Å². The first-order valence-electron chi connectivity index (χ1n) is 7.55. The second-order valence-electron chi connectivity index (χ2n) is 5.43. The van der Waals surface area contributed by atoms with E-state index < -0.39 is 37.6 Å². The first kappa shape index (κ1) is 20.3. The predicted molar refractivity (Wildman–Crippen MR) is 94.5 cm³/mol. The largest absolute Gasteiger partial charge is 0.495 e. The minimum absolute atomic E-state index is 0.0878. The highest BCUT2D eigenvalue weighted by atomic mass is 32.2. The second-order valence-corrected chi connectivity index (χ2v) is 7.12. The number of carbonyl (C=O) groups is 1. The zero-order valence-electron chi connectivity index (χ0n) is 14.3. The Morgan fingerprint density at radius 3 is 2.59 bits per heavy atom. The molecule has 27 heavy (non-hydrogen) atoms. The molecule has 2 aromatic rings. The van der Waals surface area contributed by atoms with Gasteiger partial charge in [-0.15, -0.1) is 0 Å². The van der Waals surface area contributed by atoms with E-state index in [2.05, 4.69) is 10.0 Å². The second kappa shape index (κ2) is 8.10. The van der Waals surface area contributed by atoms with Crippen molar-refractivity contribution in [2.45, 2.75) is 17.9 Å². The Balaban J connectivity index is 2.17. The molecule has 0 aliphatic heterocycles. The van der Waals surface area contributed by atoms with Crippen molar-refractivity contribution in [2.24, 2.45) is 0 Å². The fraction of sp³-hybridized carbons (Fsp3) is 0.188. The molecule has 1 unspecified atom stereocenters. The number of benzene rings is 2. The number of rotatable bonds is 7. The SMILES string of the molecule is COc1ccc(F)cc1S(=O)(=O)NC(C)C(=O)Nc1cccc([N+](=O)[O-])c1. The van der Waals surface area contributed by atoms with Gasteiger partial charge in [0.1, 0.15) is 16.5 Å². The van der Waals surface area contributed by atoms with Gasteiger partial charge in [0.05, 0.1) is 18.1 Å². The van der Waals surface area contributed by atoms with Gasteiger partial charge in [0.2, 0.25) is 15.9 Å². The third-order valence-corrected chi connectivity index (χ3v) is 5.03. The molecule has 0 aliphatic rings. The lowest BCUT2D eigenvalue weighted by Gasteiger charge is -2.16. The van der Waals surface area contributed by atoms with E-state index in [0.29, 0.717) is 0 Å². The Hall–Kier alpha value is -3.05. The summed E-state index contributed by atoms with van der Waals surface area (Å²) in [6.45, 7) is 1.27. The van der Waals surface area contributed by atoms with E-state index in [9.17, 15) is 27.7 Å². The number of nitro groups is 1. The first-order valence-corrected chi connectivity index (χ1v) is 9.03. The summed E-state index contributed by atoms with van der Waals surface area (Å²) in [5, 5.41) is 13.1. The fourth-order valence-electron chi connectivity index (χ4n) is 2.16. The number of methoxy groups -OCH3 is 1. The topological polar surface area (TPSA) is 128 Å². The van der Waals surface area contributed by atoms with Gasteiger partial charge in [-0.25, -0.2) is 12.8 Å². The minimum atomic E-state index is -4.27. The van der Waals surface area contributed by atoms with E-state index in [4.69, 9.17) is 4.74 Å². The fourth-order valence-corrected chi connectivity index (χ4v) is 3.54. The lowest BCUT2D eigenvalue weighted by atomic mass is 10.2. The highest BCUT2D eigenvalue weighted by Gasteiger charge is 2.26. The van der Waals surface area contributed by atoms with Crippen LogP contribution in [0.1, 0.15) is 6.92 Å². The van der Waals surface area contributed by atoms with Crippen LogP contribution in [0.2, 0.25) is 0 Å². The van der Waals surface area contributed by atoms with Crippen LogP contribution in [0.3, 0.4) is 0 Å². The Kier molecular flexibility index (Phi) is 6.08. The summed E-state index contributed by atoms with van der Waals surface area (Å²) in [5.74, 6) is -1.63. The number of halogens is 1. The molecule has 0 aromatic heterocycles. The van der Waals surface area contributed by atoms with Gasteiger partial charge in [0.25, 0.3) is 5.69 Å². The third kappa shape index (κ3) is 4.99. The van der Waals surface area contributed by atoms with Crippen LogP contribution in [0, 0.1) is 15.9 Å². The number of hydrogen-bond donors (Lipinski definition) is 2. The van der Waals surface area contributed by atoms with Gasteiger partial charge in [0.15, 0.2) is 0 Å². The number of ether oxygens (including phenoxy) is 1. The van der Waals surface area contributed by atoms with Crippen LogP contribution < -0.4 is 14.8 Å². The molecule has 0 bridgehead atoms. The van der Waals surface area contributed by atoms with Gasteiger partial charge in [-0.05, 0) is 31.2 Å². The van der Waals surface area contributed by atoms with Gasteiger partial charge in [-0.2, -0.15) is 4.72 Å². The summed E-state index contributed by atoms with van der Waals surface area (Å²) in [5.41, 5.74) is -0.103. The summed E-state index contributed by atoms with van der Waals surface area (Å²) in [6, 6.07) is 6.89. The molecule has 1 amide bonds. The Morgan fingerprint density at radius 1 is 1.26 bits per heavy atom. The van der Waals surface area contributed by atoms with Gasteiger partial charge < -0.3 is 10.1 Å². The van der Waals surface area contributed by atoms with Crippen molar-refractivity contribution in [1.82, 2.24) is 4.72 Å². The molecule has 2 N–H and O–H groups in total. The monoisotopic (exact) mass is 397 g/mol. The zero-order valence-corrected chi connectivity index (χ0v) is 15.1. The van der Waals surface area contributed by atoms with Crippen LogP contribution in [-0.4, -0.2) is 32.4 Å². The number of nitrogens with zero attached hydrogens (tertiary/aromatic N) is 1. The van der Waals surface area contributed by atoms with Crippen molar-refractivity contribution in [3.63, 3.8) is 0 Å². The molecule has 0 aliphatic carbocycles. The van der Waals surface area contributed by atoms with Crippen molar-refractivity contribution in [2.75, 3.05) is 12.4 Å². The molecule has 144 valence electrons. The Labute approximate surface area is 154 Å². The number of nitrogens with one attached hydrogen (secondary N) is 2. The normalized spacial score (nSPS) is 12.3. The van der Waals surface area contributed by atoms with Crippen molar-refractivity contribution >= 4 is 27.3 Å². The van der Waals surface area contributed by atoms with E-state index in [0.717, 1.165) is 24.3 Å². The lowest BCUT2D eigenvalue weighted by Crippen LogP contribution is -2.41. The summed E-state index contributed by atoms with van der Waals surface area (Å²) in [7, 11) is -3.04. The van der Waals surface area contributed by atoms with E-state index in [1.54, 1.807) is 0 Å². The van der Waals surface area contributed by atoms with Crippen LogP contribution in [0.4, 0.5) is 15.8 Å². The maximum atomic E-state index is 13.4. The van der Waals surface area contributed by atoms with Crippen molar-refractivity contribution in [3.8, 4) is 5.75 Å². The lowest BCUT2D eigenvalue weighted by molar-refractivity contribution is -0.384. The number of carbonyl (C=O) groups excluding carboxylic acids is 1. The molecule has 9 nitrogen and oxygen atoms in total. The number of nitro benzene ring substituents is 1. The summed E-state index contributed by atoms with van der Waals surface area (Å²) >= 11 is 0. The van der Waals surface area contributed by atoms with Crippen LogP contribution in [-0.2, 0) is 14.8 Å². The molecule has 2 aromatic carbocycles. The average Bonchev–Trinajstić information content (AvgIpc) is 2.61. The Morgan fingerprint density at radius 2 is 1.96 bits per heavy atom. The van der Waals surface area contributed by atoms with E-state index in [1.165, 1.54) is 32.2 Å². The summed E-state index contributed by atoms with van der Waals surface area (Å²) in [4.78, 5) is 21.9. The van der Waals surface area contributed by atoms with Crippen LogP contribution in [0.5, 0.6) is 5.75 Å². The maximum absolute atomic E-state index is 13.4. The van der Waals surface area contributed by atoms with Crippen LogP contribution >= 0.6 is 0 Å². The Bertz CT molecular complexity index is 980. The maximum Gasteiger partial charge on any atom is 0.271 e. The number of non-ortho nitro benzene ring substituents is 1. The quantitative estimate of drug-likeness (QED) is 0.544. The smallest absolute Gasteiger partial charge is 0.271 e. The molecular weight excluding hydrogens is 381 g/mol. The number of hydrogen-bond acceptors (Lipinski definition) is 6. The van der Waals surface area contributed by atoms with Gasteiger partial charge in [0, 0.05) is 17.8 Å². The number of amides is 1. The molecule has 11 heteroatoms. The van der Waals surface area contributed by atoms with Gasteiger partial charge >= 0.3 is 0 Å². The van der Waals surface area contributed by atoms with Gasteiger partial charge in [-0.1, -0.05) is 6.07 Å². The molecule has 2 rings (SSSR count). The van der Waals surface area contributed by atoms with E-state index >= 15 is 0 Å². The van der Waals surface area contributed by atoms with Crippen molar-refractivity contribution in [1.29, 1.82) is 0 Å². The number of anilines is 1. The minimum Gasteiger partial charge on any atom is -0.495 e. The summed E-state index contributed by atoms with van der Waals surface area (Å²) in [6.07, 6.45) is 0. The van der Waals surface area contributed by atoms with Crippen molar-refractivity contribution in [3.05, 3.63) is 58.4 Å². The average molecular weight is 397 g/mol. The van der Waals surface area contributed by atoms with Crippen molar-refractivity contribution < 1.29 is 27.3 Å². The molecule has 0 radical (unpaired) electrons. The molecule has 0 spiro atoms. The molecule has 1 atom stereocenters. The number of sulfonamides is 1. The molecule has 0 saturated carbocycles. The summed E-state index contributed by atoms with van der Waals surface area (Å²) < 4.78 is 45.3. The highest BCUT2D eigenvalue weighted by molar-refractivity contribution is 7.89. The van der Waals surface area contributed by atoms with Crippen LogP contribution in [0.25, 0.3) is 0 Å². The standard InChI is InChI=1S/C16H16FN3O6S/c1-10(16(21)18-12-4-3-5-13(9-12)20(22)23)19-27(24,25)15-8-11(17)6-7-14(15)26-2/h3-10,19H,1-2H3,(H,18,21). The predicted octanol–water partition coefficient (Wildman–Crippen LogP) is 2.05. The molecule has 0 fully saturated rings. The molecule has 0 saturated heterocycles. The van der Waals surface area contributed by atoms with Crippen LogP contribution in [0.15, 0.2) is 47.4 Å².